The van der Waals surface area contributed by atoms with E-state index in [1.807, 2.05) is 0 Å². The lowest BCUT2D eigenvalue weighted by Crippen LogP contribution is -2.52. The zero-order valence-corrected chi connectivity index (χ0v) is 25.9. The predicted octanol–water partition coefficient (Wildman–Crippen LogP) is 7.75. The Morgan fingerprint density at radius 2 is 1.82 bits per heavy atom. The summed E-state index contributed by atoms with van der Waals surface area (Å²) >= 11 is 0. The SMILES string of the molecule is CC(C)CCC[C@@H](C)[C@H]1CC[C@H]2[C@@H]3CC=C4C[C@@H](N5C=C(CO)C(CN)=C(O)C5C)CC[C@]4(C)[C@H]3CC[C@]12C. The van der Waals surface area contributed by atoms with E-state index < -0.39 is 0 Å². The summed E-state index contributed by atoms with van der Waals surface area (Å²) in [5, 5.41) is 20.9. The number of hydrogen-bond donors (Lipinski definition) is 3. The van der Waals surface area contributed by atoms with Gasteiger partial charge in [0.2, 0.25) is 0 Å². The van der Waals surface area contributed by atoms with Gasteiger partial charge in [0, 0.05) is 29.9 Å². The maximum Gasteiger partial charge on any atom is 0.119 e. The maximum absolute atomic E-state index is 10.9. The monoisotopic (exact) mass is 538 g/mol. The van der Waals surface area contributed by atoms with E-state index in [-0.39, 0.29) is 19.2 Å². The number of nitrogens with two attached hydrogens (primary N) is 1. The van der Waals surface area contributed by atoms with Gasteiger partial charge in [0.1, 0.15) is 5.76 Å². The van der Waals surface area contributed by atoms with Crippen LogP contribution in [0.25, 0.3) is 0 Å². The first-order chi connectivity index (χ1) is 18.5. The minimum Gasteiger partial charge on any atom is -0.510 e. The van der Waals surface area contributed by atoms with E-state index >= 15 is 0 Å². The van der Waals surface area contributed by atoms with E-state index in [9.17, 15) is 10.2 Å². The highest BCUT2D eigenvalue weighted by atomic mass is 16.3. The van der Waals surface area contributed by atoms with Crippen molar-refractivity contribution in [2.75, 3.05) is 13.2 Å². The van der Waals surface area contributed by atoms with Crippen LogP contribution in [0.5, 0.6) is 0 Å². The molecular weight excluding hydrogens is 480 g/mol. The van der Waals surface area contributed by atoms with Crippen LogP contribution >= 0.6 is 0 Å². The maximum atomic E-state index is 10.9. The van der Waals surface area contributed by atoms with Gasteiger partial charge in [-0.2, -0.15) is 0 Å². The molecule has 0 amide bonds. The van der Waals surface area contributed by atoms with Crippen molar-refractivity contribution in [3.8, 4) is 0 Å². The normalized spacial score (nSPS) is 41.1. The van der Waals surface area contributed by atoms with Crippen LogP contribution in [0.3, 0.4) is 0 Å². The largest absolute Gasteiger partial charge is 0.510 e. The fraction of sp³-hybridized carbons (Fsp3) is 0.829. The summed E-state index contributed by atoms with van der Waals surface area (Å²) in [5.41, 5.74) is 9.96. The average molecular weight is 539 g/mol. The fourth-order valence-electron chi connectivity index (χ4n) is 10.6. The molecule has 4 nitrogen and oxygen atoms in total. The van der Waals surface area contributed by atoms with Gasteiger partial charge in [-0.05, 0) is 105 Å². The quantitative estimate of drug-likeness (QED) is 0.276. The molecule has 0 aromatic rings. The van der Waals surface area contributed by atoms with E-state index in [0.717, 1.165) is 59.5 Å². The van der Waals surface area contributed by atoms with Crippen molar-refractivity contribution >= 4 is 0 Å². The number of fused-ring (bicyclic) bond motifs is 5. The fourth-order valence-corrected chi connectivity index (χ4v) is 10.6. The Bertz CT molecular complexity index is 997. The smallest absolute Gasteiger partial charge is 0.119 e. The molecule has 39 heavy (non-hydrogen) atoms. The molecule has 0 radical (unpaired) electrons. The molecule has 0 aromatic carbocycles. The lowest BCUT2D eigenvalue weighted by atomic mass is 9.46. The summed E-state index contributed by atoms with van der Waals surface area (Å²) in [6, 6.07) is 0.286. The number of aliphatic hydroxyl groups is 2. The van der Waals surface area contributed by atoms with Gasteiger partial charge in [0.25, 0.3) is 0 Å². The third-order valence-electron chi connectivity index (χ3n) is 12.9. The molecule has 4 aliphatic carbocycles. The molecule has 1 aliphatic heterocycles. The average Bonchev–Trinajstić information content (AvgIpc) is 3.26. The van der Waals surface area contributed by atoms with Crippen molar-refractivity contribution in [3.05, 3.63) is 34.8 Å². The standard InChI is InChI=1S/C35H58N2O2/c1-22(2)8-7-9-23(3)30-12-13-31-28-11-10-26-18-27(14-16-34(26,5)32(28)15-17-35(30,31)6)37-20-25(21-38)29(19-36)33(39)24(37)4/h10,20,22-24,27-28,30-32,38-39H,7-9,11-19,21,36H2,1-6H3/t23-,24?,27+,28+,30-,31+,32+,34+,35-/m1/s1. The Labute approximate surface area is 239 Å². The molecule has 0 bridgehead atoms. The highest BCUT2D eigenvalue weighted by Gasteiger charge is 2.59. The summed E-state index contributed by atoms with van der Waals surface area (Å²) in [4.78, 5) is 2.33. The Morgan fingerprint density at radius 1 is 1.05 bits per heavy atom. The minimum atomic E-state index is -0.0847. The van der Waals surface area contributed by atoms with Crippen molar-refractivity contribution < 1.29 is 10.2 Å². The van der Waals surface area contributed by atoms with Crippen LogP contribution in [0.15, 0.2) is 34.8 Å². The number of aliphatic hydroxyl groups excluding tert-OH is 2. The number of nitrogens with zero attached hydrogens (tertiary/aromatic N) is 1. The van der Waals surface area contributed by atoms with Gasteiger partial charge in [0.05, 0.1) is 12.6 Å². The molecule has 9 atom stereocenters. The zero-order valence-electron chi connectivity index (χ0n) is 25.9. The molecule has 3 saturated carbocycles. The van der Waals surface area contributed by atoms with Crippen LogP contribution < -0.4 is 5.73 Å². The second-order valence-electron chi connectivity index (χ2n) is 15.2. The molecule has 0 saturated heterocycles. The third kappa shape index (κ3) is 4.94. The van der Waals surface area contributed by atoms with Crippen LogP contribution in [0.2, 0.25) is 0 Å². The van der Waals surface area contributed by atoms with Gasteiger partial charge in [-0.3, -0.25) is 0 Å². The zero-order chi connectivity index (χ0) is 28.1. The summed E-state index contributed by atoms with van der Waals surface area (Å²) in [6.07, 6.45) is 19.5. The predicted molar refractivity (Wildman–Crippen MR) is 162 cm³/mol. The molecule has 0 aromatic heterocycles. The summed E-state index contributed by atoms with van der Waals surface area (Å²) in [7, 11) is 0. The Balaban J connectivity index is 1.31. The molecule has 1 heterocycles. The van der Waals surface area contributed by atoms with E-state index in [0.29, 0.717) is 22.6 Å². The summed E-state index contributed by atoms with van der Waals surface area (Å²) in [5.74, 6) is 5.53. The highest BCUT2D eigenvalue weighted by Crippen LogP contribution is 2.67. The van der Waals surface area contributed by atoms with E-state index in [1.54, 1.807) is 5.57 Å². The van der Waals surface area contributed by atoms with Gasteiger partial charge in [-0.1, -0.05) is 65.5 Å². The van der Waals surface area contributed by atoms with Crippen LogP contribution in [0.4, 0.5) is 0 Å². The van der Waals surface area contributed by atoms with Crippen molar-refractivity contribution in [2.45, 2.75) is 124 Å². The lowest BCUT2D eigenvalue weighted by Gasteiger charge is -2.59. The Kier molecular flexibility index (Phi) is 8.39. The second kappa shape index (κ2) is 11.2. The van der Waals surface area contributed by atoms with Gasteiger partial charge in [0.15, 0.2) is 0 Å². The van der Waals surface area contributed by atoms with Crippen molar-refractivity contribution in [1.29, 1.82) is 0 Å². The van der Waals surface area contributed by atoms with Crippen LogP contribution in [0, 0.1) is 46.3 Å². The molecule has 5 rings (SSSR count). The molecule has 4 heteroatoms. The van der Waals surface area contributed by atoms with Crippen molar-refractivity contribution in [2.24, 2.45) is 52.1 Å². The van der Waals surface area contributed by atoms with Crippen LogP contribution in [-0.2, 0) is 0 Å². The van der Waals surface area contributed by atoms with E-state index in [1.165, 1.54) is 57.8 Å². The first-order valence-corrected chi connectivity index (χ1v) is 16.5. The molecular formula is C35H58N2O2. The second-order valence-corrected chi connectivity index (χ2v) is 15.2. The summed E-state index contributed by atoms with van der Waals surface area (Å²) < 4.78 is 0. The van der Waals surface area contributed by atoms with Gasteiger partial charge in [-0.15, -0.1) is 0 Å². The van der Waals surface area contributed by atoms with Crippen molar-refractivity contribution in [1.82, 2.24) is 4.90 Å². The first-order valence-electron chi connectivity index (χ1n) is 16.5. The van der Waals surface area contributed by atoms with Crippen molar-refractivity contribution in [3.63, 3.8) is 0 Å². The van der Waals surface area contributed by atoms with Crippen LogP contribution in [0.1, 0.15) is 112 Å². The molecule has 4 N–H and O–H groups in total. The van der Waals surface area contributed by atoms with Gasteiger partial charge in [-0.25, -0.2) is 0 Å². The van der Waals surface area contributed by atoms with Gasteiger partial charge >= 0.3 is 0 Å². The van der Waals surface area contributed by atoms with E-state index in [2.05, 4.69) is 58.7 Å². The highest BCUT2D eigenvalue weighted by molar-refractivity contribution is 5.40. The summed E-state index contributed by atoms with van der Waals surface area (Å²) in [6.45, 7) is 14.9. The van der Waals surface area contributed by atoms with Crippen LogP contribution in [-0.4, -0.2) is 40.3 Å². The molecule has 220 valence electrons. The number of hydrogen-bond acceptors (Lipinski definition) is 4. The van der Waals surface area contributed by atoms with Gasteiger partial charge < -0.3 is 20.8 Å². The molecule has 1 unspecified atom stereocenters. The molecule has 5 aliphatic rings. The Hall–Kier alpha value is -1.26. The molecule has 3 fully saturated rings. The minimum absolute atomic E-state index is 0.0752. The topological polar surface area (TPSA) is 69.7 Å². The van der Waals surface area contributed by atoms with E-state index in [4.69, 9.17) is 5.73 Å². The third-order valence-corrected chi connectivity index (χ3v) is 12.9. The number of allylic oxidation sites excluding steroid dienone is 1. The molecule has 0 spiro atoms. The first kappa shape index (κ1) is 29.2. The number of rotatable bonds is 8. The Morgan fingerprint density at radius 3 is 2.51 bits per heavy atom. The lowest BCUT2D eigenvalue weighted by molar-refractivity contribution is -0.0543.